The number of allylic oxidation sites excluding steroid dienone is 4. The number of ether oxygens (including phenoxy) is 2. The molecule has 0 spiro atoms. The first-order chi connectivity index (χ1) is 19.6. The topological polar surface area (TPSA) is 58.8 Å². The zero-order valence-electron chi connectivity index (χ0n) is 24.4. The van der Waals surface area contributed by atoms with Crippen molar-refractivity contribution in [2.75, 3.05) is 25.1 Å². The Kier molecular flexibility index (Phi) is 7.68. The van der Waals surface area contributed by atoms with E-state index in [1.807, 2.05) is 71.6 Å². The van der Waals surface area contributed by atoms with E-state index in [9.17, 15) is 9.59 Å². The molecule has 2 aliphatic heterocycles. The van der Waals surface area contributed by atoms with E-state index in [2.05, 4.69) is 62.6 Å². The molecular formula is C35H37N2O4+. The summed E-state index contributed by atoms with van der Waals surface area (Å²) in [6, 6.07) is 26.1. The molecule has 2 heterocycles. The summed E-state index contributed by atoms with van der Waals surface area (Å²) in [5, 5.41) is 0. The molecule has 0 amide bonds. The highest BCUT2D eigenvalue weighted by molar-refractivity contribution is 6.03. The number of hydrogen-bond acceptors (Lipinski definition) is 5. The zero-order valence-corrected chi connectivity index (χ0v) is 24.4. The first-order valence-electron chi connectivity index (χ1n) is 13.9. The lowest BCUT2D eigenvalue weighted by Crippen LogP contribution is -2.31. The van der Waals surface area contributed by atoms with Crippen molar-refractivity contribution >= 4 is 29.0 Å². The third-order valence-electron chi connectivity index (χ3n) is 8.15. The summed E-state index contributed by atoms with van der Waals surface area (Å²) >= 11 is 0. The fraction of sp³-hybridized carbons (Fsp3) is 0.286. The van der Waals surface area contributed by atoms with Gasteiger partial charge in [-0.05, 0) is 37.1 Å². The molecule has 0 N–H and O–H groups in total. The predicted octanol–water partition coefficient (Wildman–Crippen LogP) is 6.22. The van der Waals surface area contributed by atoms with E-state index >= 15 is 0 Å². The minimum absolute atomic E-state index is 0.106. The largest absolute Gasteiger partial charge is 0.468 e. The van der Waals surface area contributed by atoms with Crippen LogP contribution in [0.2, 0.25) is 0 Å². The molecule has 0 saturated heterocycles. The van der Waals surface area contributed by atoms with Gasteiger partial charge < -0.3 is 14.4 Å². The van der Waals surface area contributed by atoms with Crippen LogP contribution in [0.4, 0.5) is 11.4 Å². The van der Waals surface area contributed by atoms with E-state index in [1.54, 1.807) is 0 Å². The van der Waals surface area contributed by atoms with Crippen LogP contribution < -0.4 is 4.90 Å². The van der Waals surface area contributed by atoms with Gasteiger partial charge in [-0.3, -0.25) is 4.79 Å². The van der Waals surface area contributed by atoms with Crippen molar-refractivity contribution in [3.8, 4) is 0 Å². The lowest BCUT2D eigenvalue weighted by molar-refractivity contribution is -0.428. The van der Waals surface area contributed by atoms with Crippen LogP contribution in [0.25, 0.3) is 0 Å². The molecule has 41 heavy (non-hydrogen) atoms. The SMILES string of the molecule is COC(=O)CN1/C(=C/C=C/C2=[N+](CC(=O)OCc3ccccc3)c3ccccc3C2(C)C)C(C)(C)c2ccccc21. The molecule has 0 saturated carbocycles. The van der Waals surface area contributed by atoms with Crippen LogP contribution >= 0.6 is 0 Å². The van der Waals surface area contributed by atoms with Crippen LogP contribution in [0.5, 0.6) is 0 Å². The average Bonchev–Trinajstić information content (AvgIpc) is 3.31. The number of carbonyl (C=O) groups is 2. The van der Waals surface area contributed by atoms with Crippen LogP contribution in [0.3, 0.4) is 0 Å². The maximum absolute atomic E-state index is 13.0. The molecule has 2 aliphatic rings. The van der Waals surface area contributed by atoms with Crippen molar-refractivity contribution in [1.29, 1.82) is 0 Å². The smallest absolute Gasteiger partial charge is 0.373 e. The molecule has 5 rings (SSSR count). The quantitative estimate of drug-likeness (QED) is 0.247. The number of rotatable bonds is 8. The van der Waals surface area contributed by atoms with Crippen LogP contribution in [-0.2, 0) is 36.5 Å². The monoisotopic (exact) mass is 549 g/mol. The Hall–Kier alpha value is -4.45. The summed E-state index contributed by atoms with van der Waals surface area (Å²) in [5.74, 6) is -0.587. The van der Waals surface area contributed by atoms with Crippen LogP contribution in [0.1, 0.15) is 44.4 Å². The number of fused-ring (bicyclic) bond motifs is 2. The standard InChI is InChI=1S/C35H37N2O4/c1-34(2)26-16-9-11-18-28(26)36(22-32(38)40-5)30(34)20-13-21-31-35(3,4)27-17-10-12-19-29(27)37(31)23-33(39)41-24-25-14-7-6-8-15-25/h6-21H,22-24H2,1-5H3/q+1. The summed E-state index contributed by atoms with van der Waals surface area (Å²) in [5.41, 5.74) is 6.64. The fourth-order valence-corrected chi connectivity index (χ4v) is 5.96. The number of esters is 2. The van der Waals surface area contributed by atoms with Crippen molar-refractivity contribution in [3.05, 3.63) is 119 Å². The lowest BCUT2D eigenvalue weighted by Gasteiger charge is -2.26. The second kappa shape index (κ2) is 11.2. The molecule has 210 valence electrons. The molecule has 0 radical (unpaired) electrons. The van der Waals surface area contributed by atoms with Gasteiger partial charge in [0.2, 0.25) is 12.2 Å². The normalized spacial score (nSPS) is 17.6. The highest BCUT2D eigenvalue weighted by Crippen LogP contribution is 2.47. The van der Waals surface area contributed by atoms with Crippen molar-refractivity contribution in [1.82, 2.24) is 0 Å². The Morgan fingerprint density at radius 1 is 0.829 bits per heavy atom. The van der Waals surface area contributed by atoms with E-state index in [0.29, 0.717) is 0 Å². The molecule has 3 aromatic carbocycles. The van der Waals surface area contributed by atoms with Gasteiger partial charge in [0, 0.05) is 34.5 Å². The van der Waals surface area contributed by atoms with E-state index < -0.39 is 0 Å². The molecule has 0 aliphatic carbocycles. The molecular weight excluding hydrogens is 512 g/mol. The number of nitrogens with zero attached hydrogens (tertiary/aromatic N) is 2. The molecule has 3 aromatic rings. The molecule has 0 aromatic heterocycles. The zero-order chi connectivity index (χ0) is 29.2. The number of methoxy groups -OCH3 is 1. The number of carbonyl (C=O) groups excluding carboxylic acids is 2. The number of anilines is 1. The van der Waals surface area contributed by atoms with E-state index in [0.717, 1.165) is 39.5 Å². The summed E-state index contributed by atoms with van der Waals surface area (Å²) in [6.45, 7) is 9.15. The Balaban J connectivity index is 1.49. The summed E-state index contributed by atoms with van der Waals surface area (Å²) in [4.78, 5) is 27.4. The summed E-state index contributed by atoms with van der Waals surface area (Å²) in [7, 11) is 1.41. The summed E-state index contributed by atoms with van der Waals surface area (Å²) in [6.07, 6.45) is 6.17. The minimum atomic E-state index is -0.328. The number of hydrogen-bond donors (Lipinski definition) is 0. The van der Waals surface area contributed by atoms with Crippen LogP contribution in [0, 0.1) is 0 Å². The van der Waals surface area contributed by atoms with Gasteiger partial charge in [-0.1, -0.05) is 86.7 Å². The van der Waals surface area contributed by atoms with Gasteiger partial charge in [0.05, 0.1) is 12.5 Å². The first kappa shape index (κ1) is 28.1. The Morgan fingerprint density at radius 2 is 1.49 bits per heavy atom. The molecule has 0 bridgehead atoms. The highest BCUT2D eigenvalue weighted by atomic mass is 16.5. The van der Waals surface area contributed by atoms with Gasteiger partial charge in [-0.25, -0.2) is 4.79 Å². The molecule has 0 unspecified atom stereocenters. The third kappa shape index (κ3) is 5.34. The third-order valence-corrected chi connectivity index (χ3v) is 8.15. The minimum Gasteiger partial charge on any atom is -0.468 e. The lowest BCUT2D eigenvalue weighted by atomic mass is 9.81. The predicted molar refractivity (Wildman–Crippen MR) is 162 cm³/mol. The maximum Gasteiger partial charge on any atom is 0.373 e. The fourth-order valence-electron chi connectivity index (χ4n) is 5.96. The van der Waals surface area contributed by atoms with Crippen LogP contribution in [0.15, 0.2) is 103 Å². The van der Waals surface area contributed by atoms with Gasteiger partial charge >= 0.3 is 11.9 Å². The van der Waals surface area contributed by atoms with E-state index in [1.165, 1.54) is 7.11 Å². The van der Waals surface area contributed by atoms with Crippen LogP contribution in [-0.4, -0.2) is 42.4 Å². The molecule has 6 nitrogen and oxygen atoms in total. The van der Waals surface area contributed by atoms with E-state index in [4.69, 9.17) is 9.47 Å². The Morgan fingerprint density at radius 3 is 2.22 bits per heavy atom. The average molecular weight is 550 g/mol. The van der Waals surface area contributed by atoms with Crippen molar-refractivity contribution in [2.24, 2.45) is 0 Å². The van der Waals surface area contributed by atoms with Crippen molar-refractivity contribution < 1.29 is 23.6 Å². The Bertz CT molecular complexity index is 1560. The highest BCUT2D eigenvalue weighted by Gasteiger charge is 2.45. The summed E-state index contributed by atoms with van der Waals surface area (Å²) < 4.78 is 12.7. The van der Waals surface area contributed by atoms with Crippen molar-refractivity contribution in [2.45, 2.75) is 45.1 Å². The van der Waals surface area contributed by atoms with Gasteiger partial charge in [0.1, 0.15) is 13.2 Å². The second-order valence-corrected chi connectivity index (χ2v) is 11.5. The molecule has 0 fully saturated rings. The number of para-hydroxylation sites is 2. The second-order valence-electron chi connectivity index (χ2n) is 11.5. The number of benzene rings is 3. The maximum atomic E-state index is 13.0. The van der Waals surface area contributed by atoms with Gasteiger partial charge in [0.25, 0.3) is 0 Å². The first-order valence-corrected chi connectivity index (χ1v) is 13.9. The molecule has 6 heteroatoms. The van der Waals surface area contributed by atoms with Crippen molar-refractivity contribution in [3.63, 3.8) is 0 Å². The Labute approximate surface area is 242 Å². The van der Waals surface area contributed by atoms with Gasteiger partial charge in [0.15, 0.2) is 5.71 Å². The van der Waals surface area contributed by atoms with E-state index in [-0.39, 0.29) is 42.5 Å². The van der Waals surface area contributed by atoms with Gasteiger partial charge in [-0.15, -0.1) is 0 Å². The van der Waals surface area contributed by atoms with Gasteiger partial charge in [-0.2, -0.15) is 4.58 Å². The molecule has 0 atom stereocenters.